The summed E-state index contributed by atoms with van der Waals surface area (Å²) in [6.07, 6.45) is 6.78. The lowest BCUT2D eigenvalue weighted by molar-refractivity contribution is 0.0952. The number of hydrogen-bond donors (Lipinski definition) is 2. The zero-order valence-electron chi connectivity index (χ0n) is 14.9. The quantitative estimate of drug-likeness (QED) is 0.632. The van der Waals surface area contributed by atoms with Gasteiger partial charge in [0.15, 0.2) is 5.65 Å². The van der Waals surface area contributed by atoms with E-state index in [9.17, 15) is 4.79 Å². The third-order valence-electron chi connectivity index (χ3n) is 4.77. The van der Waals surface area contributed by atoms with Gasteiger partial charge in [0.05, 0.1) is 5.56 Å². The molecule has 0 aliphatic heterocycles. The van der Waals surface area contributed by atoms with Gasteiger partial charge in [0, 0.05) is 43.6 Å². The van der Waals surface area contributed by atoms with Crippen LogP contribution in [-0.2, 0) is 13.1 Å². The molecule has 1 saturated carbocycles. The van der Waals surface area contributed by atoms with Crippen molar-refractivity contribution >= 4 is 23.0 Å². The molecule has 1 aliphatic carbocycles. The second-order valence-electron chi connectivity index (χ2n) is 6.64. The maximum absolute atomic E-state index is 12.4. The number of aromatic nitrogens is 5. The van der Waals surface area contributed by atoms with Gasteiger partial charge < -0.3 is 11.1 Å². The SMILES string of the molecule is CCn1c(N)nc2cc(C(=O)NCCCn3nccc3C3CC3)cnc21. The van der Waals surface area contributed by atoms with E-state index in [0.29, 0.717) is 41.7 Å². The van der Waals surface area contributed by atoms with Crippen molar-refractivity contribution in [2.45, 2.75) is 45.2 Å². The second-order valence-corrected chi connectivity index (χ2v) is 6.64. The van der Waals surface area contributed by atoms with Crippen molar-refractivity contribution in [3.63, 3.8) is 0 Å². The van der Waals surface area contributed by atoms with Crippen LogP contribution in [-0.4, -0.2) is 36.8 Å². The van der Waals surface area contributed by atoms with E-state index in [4.69, 9.17) is 5.73 Å². The van der Waals surface area contributed by atoms with Gasteiger partial charge in [-0.15, -0.1) is 0 Å². The molecule has 1 amide bonds. The summed E-state index contributed by atoms with van der Waals surface area (Å²) >= 11 is 0. The predicted molar refractivity (Wildman–Crippen MR) is 98.8 cm³/mol. The van der Waals surface area contributed by atoms with Crippen LogP contribution < -0.4 is 11.1 Å². The van der Waals surface area contributed by atoms with E-state index in [-0.39, 0.29) is 5.91 Å². The lowest BCUT2D eigenvalue weighted by Gasteiger charge is -2.08. The van der Waals surface area contributed by atoms with Crippen LogP contribution in [0.4, 0.5) is 5.95 Å². The lowest BCUT2D eigenvalue weighted by Crippen LogP contribution is -2.25. The molecular formula is C18H23N7O. The van der Waals surface area contributed by atoms with Crippen molar-refractivity contribution in [2.75, 3.05) is 12.3 Å². The number of carbonyl (C=O) groups excluding carboxylic acids is 1. The first-order valence-electron chi connectivity index (χ1n) is 9.09. The highest BCUT2D eigenvalue weighted by Gasteiger charge is 2.26. The molecule has 0 spiro atoms. The maximum atomic E-state index is 12.4. The van der Waals surface area contributed by atoms with Gasteiger partial charge in [-0.25, -0.2) is 9.97 Å². The molecule has 0 saturated heterocycles. The predicted octanol–water partition coefficient (Wildman–Crippen LogP) is 1.93. The van der Waals surface area contributed by atoms with Crippen molar-refractivity contribution in [1.29, 1.82) is 0 Å². The van der Waals surface area contributed by atoms with Gasteiger partial charge in [0.2, 0.25) is 5.95 Å². The van der Waals surface area contributed by atoms with Gasteiger partial charge in [-0.05, 0) is 38.3 Å². The molecule has 4 rings (SSSR count). The number of fused-ring (bicyclic) bond motifs is 1. The monoisotopic (exact) mass is 353 g/mol. The van der Waals surface area contributed by atoms with E-state index in [1.54, 1.807) is 12.3 Å². The molecule has 3 heterocycles. The molecule has 136 valence electrons. The number of rotatable bonds is 7. The highest BCUT2D eigenvalue weighted by atomic mass is 16.1. The number of carbonyl (C=O) groups is 1. The van der Waals surface area contributed by atoms with E-state index in [0.717, 1.165) is 13.0 Å². The Hall–Kier alpha value is -2.90. The van der Waals surface area contributed by atoms with Crippen LogP contribution in [0.15, 0.2) is 24.5 Å². The zero-order chi connectivity index (χ0) is 18.1. The fraction of sp³-hybridized carbons (Fsp3) is 0.444. The smallest absolute Gasteiger partial charge is 0.252 e. The Kier molecular flexibility index (Phi) is 4.32. The van der Waals surface area contributed by atoms with E-state index in [1.807, 2.05) is 17.7 Å². The van der Waals surface area contributed by atoms with Crippen LogP contribution in [0.5, 0.6) is 0 Å². The first kappa shape index (κ1) is 16.6. The van der Waals surface area contributed by atoms with Crippen LogP contribution in [0.25, 0.3) is 11.2 Å². The Morgan fingerprint density at radius 2 is 2.27 bits per heavy atom. The minimum atomic E-state index is -0.146. The van der Waals surface area contributed by atoms with Gasteiger partial charge in [-0.3, -0.25) is 14.0 Å². The van der Waals surface area contributed by atoms with E-state index in [2.05, 4.69) is 31.1 Å². The Morgan fingerprint density at radius 1 is 1.42 bits per heavy atom. The largest absolute Gasteiger partial charge is 0.369 e. The summed E-state index contributed by atoms with van der Waals surface area (Å²) in [6.45, 7) is 4.07. The average Bonchev–Trinajstić information content (AvgIpc) is 3.29. The summed E-state index contributed by atoms with van der Waals surface area (Å²) in [5.74, 6) is 0.949. The minimum absolute atomic E-state index is 0.146. The molecular weight excluding hydrogens is 330 g/mol. The molecule has 1 fully saturated rings. The summed E-state index contributed by atoms with van der Waals surface area (Å²) in [4.78, 5) is 21.0. The summed E-state index contributed by atoms with van der Waals surface area (Å²) in [5, 5.41) is 7.32. The number of aryl methyl sites for hydroxylation is 2. The van der Waals surface area contributed by atoms with Gasteiger partial charge in [-0.1, -0.05) is 0 Å². The molecule has 3 aromatic heterocycles. The first-order chi connectivity index (χ1) is 12.7. The third kappa shape index (κ3) is 3.14. The molecule has 0 radical (unpaired) electrons. The fourth-order valence-corrected chi connectivity index (χ4v) is 3.25. The molecule has 8 heteroatoms. The van der Waals surface area contributed by atoms with Gasteiger partial charge in [0.1, 0.15) is 5.52 Å². The molecule has 0 atom stereocenters. The van der Waals surface area contributed by atoms with Gasteiger partial charge in [-0.2, -0.15) is 5.10 Å². The Bertz CT molecular complexity index is 938. The zero-order valence-corrected chi connectivity index (χ0v) is 14.9. The molecule has 0 aromatic carbocycles. The number of anilines is 1. The number of hydrogen-bond acceptors (Lipinski definition) is 5. The van der Waals surface area contributed by atoms with E-state index < -0.39 is 0 Å². The molecule has 3 N–H and O–H groups in total. The normalized spacial score (nSPS) is 14.0. The number of nitrogens with two attached hydrogens (primary N) is 1. The molecule has 8 nitrogen and oxygen atoms in total. The number of pyridine rings is 1. The third-order valence-corrected chi connectivity index (χ3v) is 4.77. The number of amides is 1. The average molecular weight is 353 g/mol. The van der Waals surface area contributed by atoms with Crippen molar-refractivity contribution in [2.24, 2.45) is 0 Å². The highest BCUT2D eigenvalue weighted by Crippen LogP contribution is 2.39. The standard InChI is InChI=1S/C18H23N7O/c1-2-24-16-14(23-18(24)19)10-13(11-21-16)17(26)20-7-3-9-25-15(6-8-22-25)12-4-5-12/h6,8,10-12H,2-5,7,9H2,1H3,(H2,19,23)(H,20,26). The molecule has 3 aromatic rings. The summed E-state index contributed by atoms with van der Waals surface area (Å²) < 4.78 is 3.87. The molecule has 1 aliphatic rings. The topological polar surface area (TPSA) is 104 Å². The van der Waals surface area contributed by atoms with Crippen LogP contribution in [0.2, 0.25) is 0 Å². The van der Waals surface area contributed by atoms with Crippen LogP contribution >= 0.6 is 0 Å². The van der Waals surface area contributed by atoms with Crippen LogP contribution in [0.1, 0.15) is 48.2 Å². The molecule has 0 unspecified atom stereocenters. The first-order valence-corrected chi connectivity index (χ1v) is 9.09. The molecule has 0 bridgehead atoms. The fourth-order valence-electron chi connectivity index (χ4n) is 3.25. The minimum Gasteiger partial charge on any atom is -0.369 e. The second kappa shape index (κ2) is 6.78. The Balaban J connectivity index is 1.34. The van der Waals surface area contributed by atoms with Crippen molar-refractivity contribution < 1.29 is 4.79 Å². The van der Waals surface area contributed by atoms with E-state index in [1.165, 1.54) is 18.5 Å². The van der Waals surface area contributed by atoms with Crippen molar-refractivity contribution in [1.82, 2.24) is 29.6 Å². The van der Waals surface area contributed by atoms with Gasteiger partial charge in [0.25, 0.3) is 5.91 Å². The van der Waals surface area contributed by atoms with E-state index >= 15 is 0 Å². The molecule has 26 heavy (non-hydrogen) atoms. The lowest BCUT2D eigenvalue weighted by atomic mass is 10.2. The Morgan fingerprint density at radius 3 is 3.04 bits per heavy atom. The number of nitrogen functional groups attached to an aromatic ring is 1. The number of nitrogens with one attached hydrogen (secondary N) is 1. The Labute approximate surface area is 151 Å². The number of nitrogens with zero attached hydrogens (tertiary/aromatic N) is 5. The maximum Gasteiger partial charge on any atom is 0.252 e. The van der Waals surface area contributed by atoms with Gasteiger partial charge >= 0.3 is 0 Å². The highest BCUT2D eigenvalue weighted by molar-refractivity contribution is 5.96. The summed E-state index contributed by atoms with van der Waals surface area (Å²) in [6, 6.07) is 3.83. The van der Waals surface area contributed by atoms with Crippen molar-refractivity contribution in [3.05, 3.63) is 35.8 Å². The summed E-state index contributed by atoms with van der Waals surface area (Å²) in [5.41, 5.74) is 9.03. The number of imidazole rings is 1. The summed E-state index contributed by atoms with van der Waals surface area (Å²) in [7, 11) is 0. The van der Waals surface area contributed by atoms with Crippen molar-refractivity contribution in [3.8, 4) is 0 Å². The van der Waals surface area contributed by atoms with Crippen LogP contribution in [0, 0.1) is 0 Å². The van der Waals surface area contributed by atoms with Crippen LogP contribution in [0.3, 0.4) is 0 Å².